The van der Waals surface area contributed by atoms with Gasteiger partial charge in [0.15, 0.2) is 6.61 Å². The number of benzene rings is 1. The van der Waals surface area contributed by atoms with E-state index in [0.29, 0.717) is 18.4 Å². The minimum Gasteiger partial charge on any atom is -0.456 e. The van der Waals surface area contributed by atoms with Crippen molar-refractivity contribution in [1.82, 2.24) is 9.47 Å². The van der Waals surface area contributed by atoms with Gasteiger partial charge in [0.1, 0.15) is 6.04 Å². The second-order valence-electron chi connectivity index (χ2n) is 8.71. The standard InChI is InChI=1S/C25H28N2O5/c1-15-13-21(16(2)26(15)18-9-5-4-6-10-18)22(28)14-32-25(31)17(3)27-23(29)19-11-7-8-12-20(19)24(27)30/h4-6,9-10,13,17,19-20H,7-8,11-12,14H2,1-3H3. The summed E-state index contributed by atoms with van der Waals surface area (Å²) in [6.45, 7) is 4.81. The van der Waals surface area contributed by atoms with E-state index >= 15 is 0 Å². The number of hydrogen-bond acceptors (Lipinski definition) is 5. The minimum absolute atomic E-state index is 0.290. The number of aryl methyl sites for hydroxylation is 1. The molecule has 2 amide bonds. The number of nitrogens with zero attached hydrogens (tertiary/aromatic N) is 2. The van der Waals surface area contributed by atoms with Gasteiger partial charge < -0.3 is 9.30 Å². The molecule has 2 aliphatic rings. The first-order valence-corrected chi connectivity index (χ1v) is 11.1. The average molecular weight is 437 g/mol. The van der Waals surface area contributed by atoms with E-state index in [4.69, 9.17) is 4.74 Å². The van der Waals surface area contributed by atoms with Crippen molar-refractivity contribution >= 4 is 23.6 Å². The van der Waals surface area contributed by atoms with Crippen LogP contribution in [0.1, 0.15) is 54.4 Å². The molecule has 0 radical (unpaired) electrons. The van der Waals surface area contributed by atoms with Crippen LogP contribution in [-0.2, 0) is 19.1 Å². The lowest BCUT2D eigenvalue weighted by molar-refractivity contribution is -0.157. The summed E-state index contributed by atoms with van der Waals surface area (Å²) in [7, 11) is 0. The van der Waals surface area contributed by atoms with Crippen molar-refractivity contribution < 1.29 is 23.9 Å². The number of imide groups is 1. The van der Waals surface area contributed by atoms with Crippen LogP contribution >= 0.6 is 0 Å². The Morgan fingerprint density at radius 3 is 2.22 bits per heavy atom. The second kappa shape index (κ2) is 8.73. The summed E-state index contributed by atoms with van der Waals surface area (Å²) in [5, 5.41) is 0. The monoisotopic (exact) mass is 436 g/mol. The van der Waals surface area contributed by atoms with E-state index in [-0.39, 0.29) is 29.4 Å². The van der Waals surface area contributed by atoms with E-state index in [1.807, 2.05) is 48.7 Å². The molecule has 3 atom stereocenters. The SMILES string of the molecule is Cc1cc(C(=O)COC(=O)C(C)N2C(=O)C3CCCCC3C2=O)c(C)n1-c1ccccc1. The van der Waals surface area contributed by atoms with E-state index in [9.17, 15) is 19.2 Å². The van der Waals surface area contributed by atoms with Gasteiger partial charge in [0.25, 0.3) is 0 Å². The number of likely N-dealkylation sites (tertiary alicyclic amines) is 1. The van der Waals surface area contributed by atoms with Crippen molar-refractivity contribution in [2.75, 3.05) is 6.61 Å². The van der Waals surface area contributed by atoms with Gasteiger partial charge in [-0.15, -0.1) is 0 Å². The Labute approximate surface area is 187 Å². The molecule has 0 spiro atoms. The lowest BCUT2D eigenvalue weighted by Gasteiger charge is -2.21. The molecule has 168 valence electrons. The Morgan fingerprint density at radius 1 is 1.03 bits per heavy atom. The molecule has 32 heavy (non-hydrogen) atoms. The van der Waals surface area contributed by atoms with Crippen LogP contribution in [0.25, 0.3) is 5.69 Å². The second-order valence-corrected chi connectivity index (χ2v) is 8.71. The van der Waals surface area contributed by atoms with Gasteiger partial charge in [-0.1, -0.05) is 31.0 Å². The van der Waals surface area contributed by atoms with Crippen molar-refractivity contribution in [1.29, 1.82) is 0 Å². The third-order valence-corrected chi connectivity index (χ3v) is 6.70. The van der Waals surface area contributed by atoms with Gasteiger partial charge >= 0.3 is 5.97 Å². The number of hydrogen-bond donors (Lipinski definition) is 0. The highest BCUT2D eigenvalue weighted by Gasteiger charge is 2.51. The molecule has 2 aromatic rings. The third-order valence-electron chi connectivity index (χ3n) is 6.70. The highest BCUT2D eigenvalue weighted by Crippen LogP contribution is 2.39. The van der Waals surface area contributed by atoms with Crippen LogP contribution in [0.4, 0.5) is 0 Å². The molecular formula is C25H28N2O5. The van der Waals surface area contributed by atoms with E-state index in [0.717, 1.165) is 34.8 Å². The molecule has 2 heterocycles. The molecule has 1 saturated carbocycles. The molecular weight excluding hydrogens is 408 g/mol. The van der Waals surface area contributed by atoms with E-state index < -0.39 is 18.6 Å². The number of esters is 1. The number of carbonyl (C=O) groups is 4. The maximum absolute atomic E-state index is 12.8. The molecule has 3 unspecified atom stereocenters. The predicted octanol–water partition coefficient (Wildman–Crippen LogP) is 3.38. The lowest BCUT2D eigenvalue weighted by atomic mass is 9.81. The number of ether oxygens (including phenoxy) is 1. The molecule has 7 heteroatoms. The normalized spacial score (nSPS) is 21.4. The van der Waals surface area contributed by atoms with Crippen LogP contribution in [0, 0.1) is 25.7 Å². The Balaban J connectivity index is 1.43. The Morgan fingerprint density at radius 2 is 1.62 bits per heavy atom. The predicted molar refractivity (Wildman–Crippen MR) is 117 cm³/mol. The number of rotatable bonds is 6. The summed E-state index contributed by atoms with van der Waals surface area (Å²) < 4.78 is 7.22. The first kappa shape index (κ1) is 22.0. The van der Waals surface area contributed by atoms with E-state index in [1.165, 1.54) is 6.92 Å². The van der Waals surface area contributed by atoms with Crippen LogP contribution < -0.4 is 0 Å². The molecule has 0 N–H and O–H groups in total. The molecule has 1 saturated heterocycles. The van der Waals surface area contributed by atoms with Gasteiger partial charge in [0.2, 0.25) is 17.6 Å². The number of amides is 2. The fourth-order valence-corrected chi connectivity index (χ4v) is 5.03. The molecule has 7 nitrogen and oxygen atoms in total. The van der Waals surface area contributed by atoms with Gasteiger partial charge in [-0.25, -0.2) is 4.79 Å². The summed E-state index contributed by atoms with van der Waals surface area (Å²) in [6.07, 6.45) is 3.21. The summed E-state index contributed by atoms with van der Waals surface area (Å²) in [5.41, 5.74) is 3.08. The van der Waals surface area contributed by atoms with Crippen molar-refractivity contribution in [3.63, 3.8) is 0 Å². The largest absolute Gasteiger partial charge is 0.456 e. The highest BCUT2D eigenvalue weighted by atomic mass is 16.5. The fourth-order valence-electron chi connectivity index (χ4n) is 5.03. The Bertz CT molecular complexity index is 1050. The van der Waals surface area contributed by atoms with Gasteiger partial charge in [-0.2, -0.15) is 0 Å². The van der Waals surface area contributed by atoms with E-state index in [1.54, 1.807) is 6.07 Å². The molecule has 2 fully saturated rings. The third kappa shape index (κ3) is 3.76. The topological polar surface area (TPSA) is 85.7 Å². The van der Waals surface area contributed by atoms with Crippen LogP contribution in [0.3, 0.4) is 0 Å². The number of Topliss-reactive ketones (excluding diaryl/α,β-unsaturated/α-hetero) is 1. The molecule has 0 bridgehead atoms. The first-order chi connectivity index (χ1) is 15.3. The summed E-state index contributed by atoms with van der Waals surface area (Å²) in [4.78, 5) is 51.9. The van der Waals surface area contributed by atoms with Crippen molar-refractivity contribution in [2.45, 2.75) is 52.5 Å². The van der Waals surface area contributed by atoms with Crippen LogP contribution in [0.5, 0.6) is 0 Å². The lowest BCUT2D eigenvalue weighted by Crippen LogP contribution is -2.44. The number of aromatic nitrogens is 1. The molecule has 1 aliphatic heterocycles. The van der Waals surface area contributed by atoms with Crippen LogP contribution in [-0.4, -0.2) is 45.7 Å². The number of carbonyl (C=O) groups excluding carboxylic acids is 4. The Kier molecular flexibility index (Phi) is 6.00. The fraction of sp³-hybridized carbons (Fsp3) is 0.440. The van der Waals surface area contributed by atoms with Crippen LogP contribution in [0.15, 0.2) is 36.4 Å². The zero-order chi connectivity index (χ0) is 23.0. The quantitative estimate of drug-likeness (QED) is 0.394. The Hall–Kier alpha value is -3.22. The summed E-state index contributed by atoms with van der Waals surface area (Å²) in [6, 6.07) is 10.4. The highest BCUT2D eigenvalue weighted by molar-refractivity contribution is 6.08. The first-order valence-electron chi connectivity index (χ1n) is 11.1. The van der Waals surface area contributed by atoms with Gasteiger partial charge in [0, 0.05) is 22.6 Å². The zero-order valence-corrected chi connectivity index (χ0v) is 18.7. The van der Waals surface area contributed by atoms with Crippen molar-refractivity contribution in [3.8, 4) is 5.69 Å². The summed E-state index contributed by atoms with van der Waals surface area (Å²) >= 11 is 0. The van der Waals surface area contributed by atoms with Crippen molar-refractivity contribution in [3.05, 3.63) is 53.3 Å². The molecule has 1 aliphatic carbocycles. The maximum Gasteiger partial charge on any atom is 0.329 e. The van der Waals surface area contributed by atoms with Crippen LogP contribution in [0.2, 0.25) is 0 Å². The molecule has 1 aromatic carbocycles. The number of ketones is 1. The number of para-hydroxylation sites is 1. The molecule has 4 rings (SSSR count). The smallest absolute Gasteiger partial charge is 0.329 e. The average Bonchev–Trinajstić information content (AvgIpc) is 3.24. The molecule has 1 aromatic heterocycles. The van der Waals surface area contributed by atoms with Gasteiger partial charge in [0.05, 0.1) is 11.8 Å². The maximum atomic E-state index is 12.8. The number of fused-ring (bicyclic) bond motifs is 1. The van der Waals surface area contributed by atoms with Gasteiger partial charge in [-0.3, -0.25) is 19.3 Å². The van der Waals surface area contributed by atoms with E-state index in [2.05, 4.69) is 0 Å². The van der Waals surface area contributed by atoms with Crippen molar-refractivity contribution in [2.24, 2.45) is 11.8 Å². The van der Waals surface area contributed by atoms with Gasteiger partial charge in [-0.05, 0) is 51.8 Å². The zero-order valence-electron chi connectivity index (χ0n) is 18.7. The summed E-state index contributed by atoms with van der Waals surface area (Å²) in [5.74, 6) is -2.29. The minimum atomic E-state index is -1.04.